The van der Waals surface area contributed by atoms with Gasteiger partial charge in [-0.1, -0.05) is 140 Å². The van der Waals surface area contributed by atoms with Gasteiger partial charge in [-0.3, -0.25) is 0 Å². The number of anilines is 3. The monoisotopic (exact) mass is 702 g/mol. The van der Waals surface area contributed by atoms with Crippen LogP contribution in [0.5, 0.6) is 0 Å². The van der Waals surface area contributed by atoms with E-state index in [9.17, 15) is 0 Å². The van der Waals surface area contributed by atoms with E-state index < -0.39 is 0 Å². The predicted octanol–water partition coefficient (Wildman–Crippen LogP) is 14.6. The van der Waals surface area contributed by atoms with Crippen molar-refractivity contribution in [2.24, 2.45) is 0 Å². The maximum Gasteiger partial charge on any atom is 0.137 e. The van der Waals surface area contributed by atoms with Gasteiger partial charge in [-0.25, -0.2) is 0 Å². The topological polar surface area (TPSA) is 21.3 Å². The average Bonchev–Trinajstić information content (AvgIpc) is 3.79. The first-order valence-electron chi connectivity index (χ1n) is 18.8. The van der Waals surface area contributed by atoms with Crippen LogP contribution in [-0.4, -0.2) is 4.57 Å². The highest BCUT2D eigenvalue weighted by Gasteiger charge is 2.19. The van der Waals surface area contributed by atoms with E-state index in [4.69, 9.17) is 4.42 Å². The van der Waals surface area contributed by atoms with Crippen LogP contribution in [0.3, 0.4) is 0 Å². The lowest BCUT2D eigenvalue weighted by Crippen LogP contribution is -2.10. The van der Waals surface area contributed by atoms with Crippen molar-refractivity contribution in [2.75, 3.05) is 4.90 Å². The molecule has 0 spiro atoms. The van der Waals surface area contributed by atoms with Crippen LogP contribution in [0.1, 0.15) is 0 Å². The van der Waals surface area contributed by atoms with Crippen LogP contribution in [0.15, 0.2) is 211 Å². The van der Waals surface area contributed by atoms with E-state index in [0.29, 0.717) is 0 Å². The molecule has 0 bridgehead atoms. The molecule has 0 saturated heterocycles. The molecule has 0 saturated carbocycles. The zero-order chi connectivity index (χ0) is 36.3. The average molecular weight is 703 g/mol. The summed E-state index contributed by atoms with van der Waals surface area (Å²) < 4.78 is 8.82. The Hall–Kier alpha value is -7.36. The molecule has 0 aliphatic heterocycles. The van der Waals surface area contributed by atoms with E-state index in [1.165, 1.54) is 49.3 Å². The molecule has 0 atom stereocenters. The molecule has 0 fully saturated rings. The van der Waals surface area contributed by atoms with Crippen LogP contribution in [0.25, 0.3) is 82.5 Å². The first-order chi connectivity index (χ1) is 27.3. The Balaban J connectivity index is 1.06. The Morgan fingerprint density at radius 1 is 0.345 bits per heavy atom. The van der Waals surface area contributed by atoms with Gasteiger partial charge >= 0.3 is 0 Å². The molecule has 0 N–H and O–H groups in total. The lowest BCUT2D eigenvalue weighted by Gasteiger charge is -2.26. The van der Waals surface area contributed by atoms with Crippen LogP contribution >= 0.6 is 0 Å². The molecule has 9 aromatic carbocycles. The summed E-state index contributed by atoms with van der Waals surface area (Å²) in [6.07, 6.45) is 0. The van der Waals surface area contributed by atoms with Crippen molar-refractivity contribution in [1.29, 1.82) is 0 Å². The van der Waals surface area contributed by atoms with E-state index in [0.717, 1.165) is 50.3 Å². The Kier molecular flexibility index (Phi) is 7.17. The van der Waals surface area contributed by atoms with E-state index in [1.807, 2.05) is 12.1 Å². The van der Waals surface area contributed by atoms with E-state index in [2.05, 4.69) is 204 Å². The van der Waals surface area contributed by atoms with Gasteiger partial charge in [0.1, 0.15) is 11.2 Å². The molecule has 258 valence electrons. The van der Waals surface area contributed by atoms with Crippen molar-refractivity contribution in [3.05, 3.63) is 206 Å². The molecule has 3 nitrogen and oxygen atoms in total. The molecule has 55 heavy (non-hydrogen) atoms. The normalized spacial score (nSPS) is 11.6. The summed E-state index contributed by atoms with van der Waals surface area (Å²) in [4.78, 5) is 2.34. The molecule has 0 aliphatic rings. The molecule has 3 heteroatoms. The second-order valence-electron chi connectivity index (χ2n) is 14.1. The summed E-state index contributed by atoms with van der Waals surface area (Å²) >= 11 is 0. The minimum absolute atomic E-state index is 0.866. The number of hydrogen-bond donors (Lipinski definition) is 0. The molecule has 0 unspecified atom stereocenters. The van der Waals surface area contributed by atoms with Crippen molar-refractivity contribution in [2.45, 2.75) is 0 Å². The third-order valence-electron chi connectivity index (χ3n) is 11.0. The number of furan rings is 1. The van der Waals surface area contributed by atoms with Crippen LogP contribution in [0.4, 0.5) is 17.1 Å². The number of benzene rings is 9. The van der Waals surface area contributed by atoms with Gasteiger partial charge in [0.15, 0.2) is 0 Å². The van der Waals surface area contributed by atoms with Crippen LogP contribution in [0, 0.1) is 0 Å². The van der Waals surface area contributed by atoms with Crippen molar-refractivity contribution in [1.82, 2.24) is 4.57 Å². The number of fused-ring (bicyclic) bond motifs is 7. The molecule has 0 radical (unpaired) electrons. The molecule has 11 rings (SSSR count). The fraction of sp³-hybridized carbons (Fsp3) is 0. The maximum absolute atomic E-state index is 6.41. The molecular weight excluding hydrogens is 669 g/mol. The van der Waals surface area contributed by atoms with Crippen LogP contribution in [-0.2, 0) is 0 Å². The van der Waals surface area contributed by atoms with Crippen LogP contribution in [0.2, 0.25) is 0 Å². The third kappa shape index (κ3) is 5.13. The molecule has 11 aromatic rings. The highest BCUT2D eigenvalue weighted by atomic mass is 16.3. The van der Waals surface area contributed by atoms with Gasteiger partial charge in [-0.05, 0) is 88.1 Å². The SMILES string of the molecule is c1cc(-c2cccc3ccccc23)cc(N(c2ccc(-c3ccccc3-n3c4ccccc4c4ccccc43)cc2)c2ccc3c(c2)oc2ccccc23)c1. The van der Waals surface area contributed by atoms with Gasteiger partial charge in [0.05, 0.1) is 16.7 Å². The largest absolute Gasteiger partial charge is 0.456 e. The number of para-hydroxylation sites is 4. The second kappa shape index (κ2) is 12.6. The van der Waals surface area contributed by atoms with Crippen molar-refractivity contribution in [3.8, 4) is 27.9 Å². The van der Waals surface area contributed by atoms with Gasteiger partial charge in [-0.2, -0.15) is 0 Å². The van der Waals surface area contributed by atoms with Gasteiger partial charge < -0.3 is 13.9 Å². The summed E-state index contributed by atoms with van der Waals surface area (Å²) in [5.41, 5.74) is 13.2. The Morgan fingerprint density at radius 3 is 1.75 bits per heavy atom. The van der Waals surface area contributed by atoms with Crippen molar-refractivity contribution in [3.63, 3.8) is 0 Å². The number of hydrogen-bond acceptors (Lipinski definition) is 2. The zero-order valence-electron chi connectivity index (χ0n) is 29.9. The fourth-order valence-electron chi connectivity index (χ4n) is 8.48. The van der Waals surface area contributed by atoms with Gasteiger partial charge in [0.2, 0.25) is 0 Å². The summed E-state index contributed by atoms with van der Waals surface area (Å²) in [5, 5.41) is 7.22. The highest BCUT2D eigenvalue weighted by Crippen LogP contribution is 2.42. The Bertz CT molecular complexity index is 3160. The number of nitrogens with zero attached hydrogens (tertiary/aromatic N) is 2. The summed E-state index contributed by atoms with van der Waals surface area (Å²) in [6.45, 7) is 0. The van der Waals surface area contributed by atoms with E-state index in [-0.39, 0.29) is 0 Å². The molecular formula is C52H34N2O. The molecule has 0 amide bonds. The minimum Gasteiger partial charge on any atom is -0.456 e. The summed E-state index contributed by atoms with van der Waals surface area (Å²) in [7, 11) is 0. The van der Waals surface area contributed by atoms with E-state index in [1.54, 1.807) is 0 Å². The summed E-state index contributed by atoms with van der Waals surface area (Å²) in [6, 6.07) is 73.9. The van der Waals surface area contributed by atoms with Crippen molar-refractivity contribution < 1.29 is 4.42 Å². The maximum atomic E-state index is 6.41. The molecule has 2 aromatic heterocycles. The first kappa shape index (κ1) is 31.2. The van der Waals surface area contributed by atoms with Crippen LogP contribution < -0.4 is 4.90 Å². The number of aromatic nitrogens is 1. The predicted molar refractivity (Wildman–Crippen MR) is 231 cm³/mol. The number of rotatable bonds is 6. The molecule has 2 heterocycles. The Morgan fingerprint density at radius 2 is 0.927 bits per heavy atom. The smallest absolute Gasteiger partial charge is 0.137 e. The zero-order valence-corrected chi connectivity index (χ0v) is 29.9. The lowest BCUT2D eigenvalue weighted by atomic mass is 9.97. The minimum atomic E-state index is 0.866. The van der Waals surface area contributed by atoms with Gasteiger partial charge in [-0.15, -0.1) is 0 Å². The van der Waals surface area contributed by atoms with Crippen molar-refractivity contribution >= 4 is 71.6 Å². The molecule has 0 aliphatic carbocycles. The van der Waals surface area contributed by atoms with Gasteiger partial charge in [0.25, 0.3) is 0 Å². The van der Waals surface area contributed by atoms with E-state index >= 15 is 0 Å². The second-order valence-corrected chi connectivity index (χ2v) is 14.1. The Labute approximate surface area is 318 Å². The van der Waals surface area contributed by atoms with Gasteiger partial charge in [0, 0.05) is 50.2 Å². The highest BCUT2D eigenvalue weighted by molar-refractivity contribution is 6.10. The first-order valence-corrected chi connectivity index (χ1v) is 18.8. The lowest BCUT2D eigenvalue weighted by molar-refractivity contribution is 0.669. The third-order valence-corrected chi connectivity index (χ3v) is 11.0. The quantitative estimate of drug-likeness (QED) is 0.172. The standard InChI is InChI=1S/C52H34N2O/c1-2-17-41-35(13-1)14-12-22-42(41)37-15-11-16-39(33-37)53(40-31-32-47-46-21-6-10-26-51(46)55-52(47)34-40)38-29-27-36(28-30-38)43-18-3-7-23-48(43)54-49-24-8-4-19-44(49)45-20-5-9-25-50(45)54/h1-34H. The fourth-order valence-corrected chi connectivity index (χ4v) is 8.48. The summed E-state index contributed by atoms with van der Waals surface area (Å²) in [5.74, 6) is 0.